The van der Waals surface area contributed by atoms with Gasteiger partial charge in [0.15, 0.2) is 0 Å². The summed E-state index contributed by atoms with van der Waals surface area (Å²) < 4.78 is 52.2. The van der Waals surface area contributed by atoms with Crippen molar-refractivity contribution in [2.45, 2.75) is 36.1 Å². The molecule has 3 rings (SSSR count). The van der Waals surface area contributed by atoms with Gasteiger partial charge in [0.1, 0.15) is 17.7 Å². The Labute approximate surface area is 186 Å². The van der Waals surface area contributed by atoms with Crippen LogP contribution < -0.4 is 14.8 Å². The van der Waals surface area contributed by atoms with Gasteiger partial charge in [-0.2, -0.15) is 0 Å². The highest BCUT2D eigenvalue weighted by Gasteiger charge is 2.31. The molecule has 10 heteroatoms. The standard InChI is InChI=1S/C22H25FN2O6S/c1-30-16-6-9-18(10-7-16)32(28,29)25-20-11-8-17(31-21(20)14-26)12-22(27)24-13-15-4-2-3-5-19(15)23/h2-11,17,20-21,25-26H,12-14H2,1H3,(H,24,27)/t17-,20+,21+/m0/s1. The topological polar surface area (TPSA) is 114 Å². The molecular formula is C22H25FN2O6S. The van der Waals surface area contributed by atoms with Gasteiger partial charge in [-0.1, -0.05) is 30.4 Å². The molecule has 8 nitrogen and oxygen atoms in total. The SMILES string of the molecule is COc1ccc(S(=O)(=O)N[C@@H]2C=C[C@@H](CC(=O)NCc3ccccc3F)O[C@@H]2CO)cc1. The van der Waals surface area contributed by atoms with Crippen molar-refractivity contribution in [2.75, 3.05) is 13.7 Å². The number of sulfonamides is 1. The van der Waals surface area contributed by atoms with Crippen LogP contribution in [0.4, 0.5) is 4.39 Å². The maximum Gasteiger partial charge on any atom is 0.241 e. The van der Waals surface area contributed by atoms with Crippen LogP contribution in [0.15, 0.2) is 65.6 Å². The third-order valence-corrected chi connectivity index (χ3v) is 6.42. The minimum atomic E-state index is -3.87. The molecule has 1 amide bonds. The van der Waals surface area contributed by atoms with E-state index >= 15 is 0 Å². The molecule has 0 radical (unpaired) electrons. The number of benzene rings is 2. The Bertz CT molecular complexity index is 1060. The number of nitrogens with one attached hydrogen (secondary N) is 2. The first-order valence-electron chi connectivity index (χ1n) is 9.93. The van der Waals surface area contributed by atoms with E-state index in [0.29, 0.717) is 11.3 Å². The Kier molecular flexibility index (Phi) is 7.97. The molecule has 1 aliphatic heterocycles. The molecule has 0 saturated carbocycles. The van der Waals surface area contributed by atoms with Gasteiger partial charge in [0.25, 0.3) is 0 Å². The fourth-order valence-electron chi connectivity index (χ4n) is 3.20. The van der Waals surface area contributed by atoms with Crippen molar-refractivity contribution >= 4 is 15.9 Å². The van der Waals surface area contributed by atoms with Crippen molar-refractivity contribution in [1.29, 1.82) is 0 Å². The Balaban J connectivity index is 1.59. The fourth-order valence-corrected chi connectivity index (χ4v) is 4.42. The van der Waals surface area contributed by atoms with Gasteiger partial charge in [0, 0.05) is 12.1 Å². The lowest BCUT2D eigenvalue weighted by atomic mass is 10.1. The number of aliphatic hydroxyl groups excluding tert-OH is 1. The van der Waals surface area contributed by atoms with Gasteiger partial charge in [-0.3, -0.25) is 4.79 Å². The van der Waals surface area contributed by atoms with Crippen molar-refractivity contribution in [2.24, 2.45) is 0 Å². The normalized spacial score (nSPS) is 20.7. The average molecular weight is 465 g/mol. The highest BCUT2D eigenvalue weighted by Crippen LogP contribution is 2.20. The maximum absolute atomic E-state index is 13.7. The van der Waals surface area contributed by atoms with Crippen molar-refractivity contribution in [3.05, 3.63) is 72.1 Å². The van der Waals surface area contributed by atoms with E-state index in [4.69, 9.17) is 9.47 Å². The molecule has 0 aliphatic carbocycles. The van der Waals surface area contributed by atoms with Crippen LogP contribution in [-0.4, -0.2) is 51.4 Å². The van der Waals surface area contributed by atoms with Gasteiger partial charge < -0.3 is 19.9 Å². The first kappa shape index (κ1) is 23.9. The first-order valence-corrected chi connectivity index (χ1v) is 11.4. The van der Waals surface area contributed by atoms with Gasteiger partial charge in [-0.25, -0.2) is 17.5 Å². The quantitative estimate of drug-likeness (QED) is 0.485. The van der Waals surface area contributed by atoms with Crippen molar-refractivity contribution in [3.8, 4) is 5.75 Å². The molecule has 0 unspecified atom stereocenters. The maximum atomic E-state index is 13.7. The molecule has 1 heterocycles. The predicted molar refractivity (Wildman–Crippen MR) is 115 cm³/mol. The molecule has 0 saturated heterocycles. The molecule has 32 heavy (non-hydrogen) atoms. The summed E-state index contributed by atoms with van der Waals surface area (Å²) in [6.45, 7) is -0.414. The minimum Gasteiger partial charge on any atom is -0.497 e. The molecule has 0 spiro atoms. The highest BCUT2D eigenvalue weighted by molar-refractivity contribution is 7.89. The minimum absolute atomic E-state index is 0.0374. The number of rotatable bonds is 9. The van der Waals surface area contributed by atoms with E-state index < -0.39 is 40.7 Å². The summed E-state index contributed by atoms with van der Waals surface area (Å²) in [5.74, 6) is -0.250. The zero-order valence-electron chi connectivity index (χ0n) is 17.4. The van der Waals surface area contributed by atoms with Crippen molar-refractivity contribution in [3.63, 3.8) is 0 Å². The van der Waals surface area contributed by atoms with Crippen LogP contribution in [0.3, 0.4) is 0 Å². The van der Waals surface area contributed by atoms with Crippen LogP contribution in [0, 0.1) is 5.82 Å². The largest absolute Gasteiger partial charge is 0.497 e. The Morgan fingerprint density at radius 1 is 1.16 bits per heavy atom. The molecule has 2 aromatic rings. The lowest BCUT2D eigenvalue weighted by molar-refractivity contribution is -0.125. The van der Waals surface area contributed by atoms with E-state index in [2.05, 4.69) is 10.0 Å². The van der Waals surface area contributed by atoms with E-state index in [1.807, 2.05) is 0 Å². The second-order valence-electron chi connectivity index (χ2n) is 7.18. The summed E-state index contributed by atoms with van der Waals surface area (Å²) >= 11 is 0. The third kappa shape index (κ3) is 6.13. The van der Waals surface area contributed by atoms with Gasteiger partial charge >= 0.3 is 0 Å². The second-order valence-corrected chi connectivity index (χ2v) is 8.89. The molecule has 172 valence electrons. The van der Waals surface area contributed by atoms with E-state index in [1.165, 1.54) is 37.4 Å². The van der Waals surface area contributed by atoms with Gasteiger partial charge in [0.2, 0.25) is 15.9 Å². The zero-order valence-corrected chi connectivity index (χ0v) is 18.2. The summed E-state index contributed by atoms with van der Waals surface area (Å²) in [6.07, 6.45) is 1.53. The highest BCUT2D eigenvalue weighted by atomic mass is 32.2. The number of carbonyl (C=O) groups is 1. The Morgan fingerprint density at radius 3 is 2.53 bits per heavy atom. The van der Waals surface area contributed by atoms with E-state index in [0.717, 1.165) is 0 Å². The molecule has 3 atom stereocenters. The molecule has 0 aromatic heterocycles. The number of hydrogen-bond acceptors (Lipinski definition) is 6. The zero-order chi connectivity index (χ0) is 23.1. The number of methoxy groups -OCH3 is 1. The van der Waals surface area contributed by atoms with Crippen LogP contribution in [-0.2, 0) is 26.1 Å². The summed E-state index contributed by atoms with van der Waals surface area (Å²) in [6, 6.07) is 11.2. The van der Waals surface area contributed by atoms with Gasteiger partial charge in [-0.05, 0) is 30.3 Å². The summed E-state index contributed by atoms with van der Waals surface area (Å²) in [5, 5.41) is 12.3. The van der Waals surface area contributed by atoms with Crippen molar-refractivity contribution < 1.29 is 32.2 Å². The van der Waals surface area contributed by atoms with Crippen LogP contribution >= 0.6 is 0 Å². The second kappa shape index (κ2) is 10.7. The van der Waals surface area contributed by atoms with Gasteiger partial charge in [-0.15, -0.1) is 0 Å². The van der Waals surface area contributed by atoms with Crippen LogP contribution in [0.1, 0.15) is 12.0 Å². The molecule has 1 aliphatic rings. The molecule has 0 bridgehead atoms. The van der Waals surface area contributed by atoms with Crippen molar-refractivity contribution in [1.82, 2.24) is 10.0 Å². The van der Waals surface area contributed by atoms with E-state index in [1.54, 1.807) is 30.4 Å². The number of carbonyl (C=O) groups excluding carboxylic acids is 1. The van der Waals surface area contributed by atoms with Crippen LogP contribution in [0.5, 0.6) is 5.75 Å². The summed E-state index contributed by atoms with van der Waals surface area (Å²) in [5.41, 5.74) is 0.363. The monoisotopic (exact) mass is 464 g/mol. The third-order valence-electron chi connectivity index (χ3n) is 4.94. The number of halogens is 1. The van der Waals surface area contributed by atoms with Crippen LogP contribution in [0.25, 0.3) is 0 Å². The molecule has 2 aromatic carbocycles. The van der Waals surface area contributed by atoms with Crippen LogP contribution in [0.2, 0.25) is 0 Å². The molecule has 0 fully saturated rings. The number of amides is 1. The van der Waals surface area contributed by atoms with E-state index in [-0.39, 0.29) is 23.8 Å². The lowest BCUT2D eigenvalue weighted by Crippen LogP contribution is -2.49. The van der Waals surface area contributed by atoms with Gasteiger partial charge in [0.05, 0.1) is 37.2 Å². The fraction of sp³-hybridized carbons (Fsp3) is 0.318. The number of ether oxygens (including phenoxy) is 2. The molecular weight excluding hydrogens is 439 g/mol. The Morgan fingerprint density at radius 2 is 1.88 bits per heavy atom. The smallest absolute Gasteiger partial charge is 0.241 e. The summed E-state index contributed by atoms with van der Waals surface area (Å²) in [4.78, 5) is 12.2. The Hall–Kier alpha value is -2.79. The lowest BCUT2D eigenvalue weighted by Gasteiger charge is -2.31. The molecule has 3 N–H and O–H groups in total. The average Bonchev–Trinajstić information content (AvgIpc) is 2.79. The van der Waals surface area contributed by atoms with E-state index in [9.17, 15) is 22.7 Å². The number of aliphatic hydroxyl groups is 1. The summed E-state index contributed by atoms with van der Waals surface area (Å²) in [7, 11) is -2.39. The predicted octanol–water partition coefficient (Wildman–Crippen LogP) is 1.50. The first-order chi connectivity index (χ1) is 15.3. The number of hydrogen-bond donors (Lipinski definition) is 3.